The number of anilines is 3. The number of furan rings is 1. The molecule has 9 aromatic carbocycles. The first-order valence-electron chi connectivity index (χ1n) is 20.8. The van der Waals surface area contributed by atoms with Gasteiger partial charge in [0, 0.05) is 16.8 Å². The number of benzene rings is 9. The van der Waals surface area contributed by atoms with Crippen molar-refractivity contribution in [2.45, 2.75) is 10.8 Å². The minimum absolute atomic E-state index is 0.478. The summed E-state index contributed by atoms with van der Waals surface area (Å²) < 4.78 is 6.33. The normalized spacial score (nSPS) is 13.9. The Morgan fingerprint density at radius 3 is 1.17 bits per heavy atom. The van der Waals surface area contributed by atoms with Gasteiger partial charge in [-0.3, -0.25) is 0 Å². The van der Waals surface area contributed by atoms with Gasteiger partial charge in [-0.1, -0.05) is 194 Å². The molecule has 0 amide bonds. The second-order valence-corrected chi connectivity index (χ2v) is 16.0. The second kappa shape index (κ2) is 13.4. The van der Waals surface area contributed by atoms with Gasteiger partial charge in [0.25, 0.3) is 0 Å². The molecule has 0 fully saturated rings. The average molecular weight is 766 g/mol. The zero-order valence-electron chi connectivity index (χ0n) is 32.9. The van der Waals surface area contributed by atoms with Crippen LogP contribution in [0.5, 0.6) is 0 Å². The molecule has 1 heterocycles. The van der Waals surface area contributed by atoms with Crippen LogP contribution in [0.15, 0.2) is 241 Å². The monoisotopic (exact) mass is 765 g/mol. The van der Waals surface area contributed by atoms with Gasteiger partial charge in [0.15, 0.2) is 5.58 Å². The van der Waals surface area contributed by atoms with Gasteiger partial charge < -0.3 is 9.32 Å². The highest BCUT2D eigenvalue weighted by molar-refractivity contribution is 5.98. The van der Waals surface area contributed by atoms with Gasteiger partial charge in [0.05, 0.1) is 22.8 Å². The molecule has 282 valence electrons. The van der Waals surface area contributed by atoms with Gasteiger partial charge in [-0.2, -0.15) is 0 Å². The van der Waals surface area contributed by atoms with E-state index in [2.05, 4.69) is 235 Å². The third-order valence-electron chi connectivity index (χ3n) is 13.1. The zero-order chi connectivity index (χ0) is 39.7. The Morgan fingerprint density at radius 1 is 0.317 bits per heavy atom. The van der Waals surface area contributed by atoms with E-state index >= 15 is 0 Å². The topological polar surface area (TPSA) is 16.4 Å². The molecule has 60 heavy (non-hydrogen) atoms. The summed E-state index contributed by atoms with van der Waals surface area (Å²) in [7, 11) is 0. The predicted molar refractivity (Wildman–Crippen MR) is 246 cm³/mol. The first kappa shape index (κ1) is 34.4. The molecule has 2 aliphatic carbocycles. The largest absolute Gasteiger partial charge is 0.462 e. The van der Waals surface area contributed by atoms with E-state index < -0.39 is 10.8 Å². The summed E-state index contributed by atoms with van der Waals surface area (Å²) in [5.74, 6) is 0. The van der Waals surface area contributed by atoms with Crippen LogP contribution in [-0.2, 0) is 10.8 Å². The van der Waals surface area contributed by atoms with Crippen LogP contribution < -0.4 is 4.90 Å². The van der Waals surface area contributed by atoms with E-state index in [1.54, 1.807) is 6.26 Å². The Bertz CT molecular complexity index is 2940. The maximum Gasteiger partial charge on any atom is 0.157 e. The van der Waals surface area contributed by atoms with Crippen molar-refractivity contribution in [1.82, 2.24) is 0 Å². The number of rotatable bonds is 7. The summed E-state index contributed by atoms with van der Waals surface area (Å²) in [6, 6.07) is 84.6. The van der Waals surface area contributed by atoms with E-state index in [0.29, 0.717) is 0 Å². The van der Waals surface area contributed by atoms with Crippen molar-refractivity contribution in [3.63, 3.8) is 0 Å². The maximum atomic E-state index is 6.33. The third-order valence-corrected chi connectivity index (χ3v) is 13.1. The summed E-state index contributed by atoms with van der Waals surface area (Å²) in [4.78, 5) is 2.40. The molecule has 0 saturated carbocycles. The van der Waals surface area contributed by atoms with Crippen molar-refractivity contribution < 1.29 is 4.42 Å². The average Bonchev–Trinajstić information content (AvgIpc) is 4.01. The molecule has 0 aliphatic heterocycles. The van der Waals surface area contributed by atoms with E-state index in [1.807, 2.05) is 0 Å². The molecule has 0 atom stereocenters. The first-order chi connectivity index (χ1) is 29.8. The van der Waals surface area contributed by atoms with Crippen LogP contribution >= 0.6 is 0 Å². The zero-order valence-corrected chi connectivity index (χ0v) is 32.9. The fourth-order valence-corrected chi connectivity index (χ4v) is 10.7. The molecule has 2 nitrogen and oxygen atoms in total. The number of hydrogen-bond donors (Lipinski definition) is 0. The molecule has 0 spiro atoms. The molecule has 0 radical (unpaired) electrons. The van der Waals surface area contributed by atoms with Gasteiger partial charge in [0.2, 0.25) is 0 Å². The molecular weight excluding hydrogens is 727 g/mol. The molecule has 12 rings (SSSR count). The molecular formula is C58H39NO. The van der Waals surface area contributed by atoms with Crippen molar-refractivity contribution in [2.75, 3.05) is 4.90 Å². The molecule has 0 unspecified atom stereocenters. The summed E-state index contributed by atoms with van der Waals surface area (Å²) in [5, 5.41) is 1.06. The van der Waals surface area contributed by atoms with Crippen LogP contribution in [0.1, 0.15) is 44.5 Å². The Balaban J connectivity index is 1.12. The predicted octanol–water partition coefficient (Wildman–Crippen LogP) is 14.6. The van der Waals surface area contributed by atoms with Crippen molar-refractivity contribution in [3.8, 4) is 22.3 Å². The Morgan fingerprint density at radius 2 is 0.717 bits per heavy atom. The lowest BCUT2D eigenvalue weighted by molar-refractivity contribution is 0.616. The first-order valence-corrected chi connectivity index (χ1v) is 20.8. The van der Waals surface area contributed by atoms with Crippen LogP contribution in [0.4, 0.5) is 17.1 Å². The lowest BCUT2D eigenvalue weighted by Crippen LogP contribution is -2.28. The fourth-order valence-electron chi connectivity index (χ4n) is 10.7. The fraction of sp³-hybridized carbons (Fsp3) is 0.0345. The summed E-state index contributed by atoms with van der Waals surface area (Å²) in [5.41, 5.74) is 18.1. The van der Waals surface area contributed by atoms with Gasteiger partial charge in [0.1, 0.15) is 0 Å². The minimum atomic E-state index is -0.478. The van der Waals surface area contributed by atoms with Crippen molar-refractivity contribution in [1.29, 1.82) is 0 Å². The highest BCUT2D eigenvalue weighted by Gasteiger charge is 2.48. The van der Waals surface area contributed by atoms with E-state index in [1.165, 1.54) is 66.8 Å². The Labute approximate surface area is 350 Å². The highest BCUT2D eigenvalue weighted by atomic mass is 16.3. The van der Waals surface area contributed by atoms with Crippen LogP contribution in [0.25, 0.3) is 33.2 Å². The SMILES string of the molecule is c1ccc(C2(c3ccccc3)c3ccccc3-c3cc(N(c4ccc5c(c4)-c4ccccc4C5(c4ccccc4)c4ccccc4)c4cccc5ccoc45)ccc32)cc1. The summed E-state index contributed by atoms with van der Waals surface area (Å²) in [6.07, 6.45) is 1.80. The summed E-state index contributed by atoms with van der Waals surface area (Å²) >= 11 is 0. The van der Waals surface area contributed by atoms with E-state index in [4.69, 9.17) is 4.42 Å². The van der Waals surface area contributed by atoms with E-state index in [-0.39, 0.29) is 0 Å². The van der Waals surface area contributed by atoms with Crippen molar-refractivity contribution in [3.05, 3.63) is 281 Å². The molecule has 0 N–H and O–H groups in total. The Hall–Kier alpha value is -7.68. The quantitative estimate of drug-likeness (QED) is 0.161. The highest BCUT2D eigenvalue weighted by Crippen LogP contribution is 2.59. The second-order valence-electron chi connectivity index (χ2n) is 16.0. The van der Waals surface area contributed by atoms with Crippen LogP contribution in [0.2, 0.25) is 0 Å². The number of para-hydroxylation sites is 1. The van der Waals surface area contributed by atoms with E-state index in [0.717, 1.165) is 28.0 Å². The van der Waals surface area contributed by atoms with Gasteiger partial charge in [-0.05, 0) is 103 Å². The molecule has 0 bridgehead atoms. The Kier molecular flexibility index (Phi) is 7.70. The van der Waals surface area contributed by atoms with Gasteiger partial charge in [-0.15, -0.1) is 0 Å². The van der Waals surface area contributed by atoms with Crippen LogP contribution in [-0.4, -0.2) is 0 Å². The number of nitrogens with zero attached hydrogens (tertiary/aromatic N) is 1. The number of fused-ring (bicyclic) bond motifs is 7. The van der Waals surface area contributed by atoms with Crippen LogP contribution in [0, 0.1) is 0 Å². The van der Waals surface area contributed by atoms with Gasteiger partial charge >= 0.3 is 0 Å². The number of hydrogen-bond acceptors (Lipinski definition) is 2. The van der Waals surface area contributed by atoms with Crippen molar-refractivity contribution >= 4 is 28.0 Å². The lowest BCUT2D eigenvalue weighted by Gasteiger charge is -2.34. The molecule has 1 aromatic heterocycles. The molecule has 0 saturated heterocycles. The lowest BCUT2D eigenvalue weighted by atomic mass is 9.67. The smallest absolute Gasteiger partial charge is 0.157 e. The maximum absolute atomic E-state index is 6.33. The standard InChI is InChI=1S/C58H39NO/c1-5-19-41(20-6-1)57(42-21-7-2-8-22-42)51-29-15-13-27-47(51)49-38-45(32-34-53(49)57)59(55-31-17-18-40-36-37-60-56(40)55)46-33-35-54-50(39-46)48-28-14-16-30-52(48)58(54,43-23-9-3-10-24-43)44-25-11-4-12-26-44/h1-39H. The third kappa shape index (κ3) is 4.76. The summed E-state index contributed by atoms with van der Waals surface area (Å²) in [6.45, 7) is 0. The molecule has 2 aliphatic rings. The minimum Gasteiger partial charge on any atom is -0.462 e. The van der Waals surface area contributed by atoms with Crippen LogP contribution in [0.3, 0.4) is 0 Å². The van der Waals surface area contributed by atoms with Crippen molar-refractivity contribution in [2.24, 2.45) is 0 Å². The van der Waals surface area contributed by atoms with Gasteiger partial charge in [-0.25, -0.2) is 0 Å². The molecule has 10 aromatic rings. The van der Waals surface area contributed by atoms with E-state index in [9.17, 15) is 0 Å². The molecule has 2 heteroatoms.